The van der Waals surface area contributed by atoms with Crippen LogP contribution in [-0.2, 0) is 39.3 Å². The van der Waals surface area contributed by atoms with Crippen molar-refractivity contribution in [1.29, 1.82) is 0 Å². The minimum atomic E-state index is -1.10. The Kier molecular flexibility index (Phi) is 32.1. The average molecular weight is 1670 g/mol. The lowest BCUT2D eigenvalue weighted by Crippen LogP contribution is -2.34. The first-order valence-electron chi connectivity index (χ1n) is 42.1. The van der Waals surface area contributed by atoms with Crippen LogP contribution in [-0.4, -0.2) is 128 Å². The first-order valence-corrected chi connectivity index (χ1v) is 43.6. The maximum absolute atomic E-state index is 14.4. The normalized spacial score (nSPS) is 13.0. The van der Waals surface area contributed by atoms with Gasteiger partial charge < -0.3 is 37.9 Å². The molecular formula is C92H113Cl2F3N16O4S. The summed E-state index contributed by atoms with van der Waals surface area (Å²) in [7, 11) is 0. The monoisotopic (exact) mass is 1660 g/mol. The molecule has 0 N–H and O–H groups in total. The molecule has 0 saturated heterocycles. The van der Waals surface area contributed by atoms with Crippen molar-refractivity contribution in [3.05, 3.63) is 223 Å². The van der Waals surface area contributed by atoms with Crippen LogP contribution in [0, 0.1) is 49.1 Å². The highest BCUT2D eigenvalue weighted by Gasteiger charge is 2.31. The molecule has 2 saturated carbocycles. The fourth-order valence-corrected chi connectivity index (χ4v) is 16.4. The number of amides is 4. The lowest BCUT2D eigenvalue weighted by molar-refractivity contribution is 0.0717. The Labute approximate surface area is 705 Å². The van der Waals surface area contributed by atoms with Gasteiger partial charge in [-0.15, -0.1) is 11.3 Å². The van der Waals surface area contributed by atoms with E-state index in [9.17, 15) is 32.3 Å². The summed E-state index contributed by atoms with van der Waals surface area (Å²) in [6, 6.07) is 33.2. The van der Waals surface area contributed by atoms with Gasteiger partial charge >= 0.3 is 0 Å². The topological polar surface area (TPSA) is 204 Å². The zero-order valence-electron chi connectivity index (χ0n) is 70.1. The Bertz CT molecular complexity index is 5350. The van der Waals surface area contributed by atoms with Gasteiger partial charge in [0.1, 0.15) is 51.2 Å². The van der Waals surface area contributed by atoms with E-state index in [4.69, 9.17) is 43.1 Å². The van der Waals surface area contributed by atoms with E-state index in [1.807, 2.05) is 89.2 Å². The number of nitrogens with zero attached hydrogens (tertiary/aromatic N) is 16. The van der Waals surface area contributed by atoms with Crippen molar-refractivity contribution in [3.8, 4) is 0 Å². The molecule has 12 aromatic rings. The zero-order valence-corrected chi connectivity index (χ0v) is 72.5. The number of rotatable bonds is 31. The fraction of sp³-hybridized carbons (Fsp3) is 0.457. The van der Waals surface area contributed by atoms with Gasteiger partial charge in [0.15, 0.2) is 34.2 Å². The molecule has 626 valence electrons. The van der Waals surface area contributed by atoms with Crippen LogP contribution in [0.5, 0.6) is 0 Å². The molecule has 20 nitrogen and oxygen atoms in total. The SMILES string of the molecule is CC(C)CCN(Cc1nc2cccnc2n1C1CCCC1)C(=O)c1cccc(F)c1F.CCCCCN(Cc1nc2cccnc2n1C1CCCC1)C(=O)c1cc(F)ccc1C.CCCn1c(CN(CCC(C)C)C(=O)c2ccc(C)s2)nc2cccnc21.CCCn1c(CN(CCC(C)C)C(=O)c2ccc(Cl)c(Cl)c2)nc2cccnc21. The number of hydrogen-bond donors (Lipinski definition) is 0. The molecule has 2 fully saturated rings. The van der Waals surface area contributed by atoms with Gasteiger partial charge in [-0.1, -0.05) is 136 Å². The highest BCUT2D eigenvalue weighted by Crippen LogP contribution is 2.37. The number of aromatic nitrogens is 12. The van der Waals surface area contributed by atoms with E-state index in [2.05, 4.69) is 101 Å². The van der Waals surface area contributed by atoms with Crippen molar-refractivity contribution in [1.82, 2.24) is 77.7 Å². The van der Waals surface area contributed by atoms with Crippen molar-refractivity contribution in [2.24, 2.45) is 17.8 Å². The van der Waals surface area contributed by atoms with Crippen LogP contribution < -0.4 is 0 Å². The summed E-state index contributed by atoms with van der Waals surface area (Å²) in [5.41, 5.74) is 8.37. The van der Waals surface area contributed by atoms with Crippen LogP contribution in [0.3, 0.4) is 0 Å². The Balaban J connectivity index is 0.000000155. The number of hydrogen-bond acceptors (Lipinski definition) is 13. The fourth-order valence-electron chi connectivity index (χ4n) is 15.3. The van der Waals surface area contributed by atoms with Gasteiger partial charge in [-0.3, -0.25) is 19.2 Å². The molecule has 0 unspecified atom stereocenters. The van der Waals surface area contributed by atoms with Crippen molar-refractivity contribution in [2.45, 2.75) is 230 Å². The Morgan fingerprint density at radius 2 is 0.898 bits per heavy atom. The molecule has 0 radical (unpaired) electrons. The van der Waals surface area contributed by atoms with Crippen LogP contribution in [0.1, 0.15) is 252 Å². The number of aryl methyl sites for hydroxylation is 4. The van der Waals surface area contributed by atoms with E-state index >= 15 is 0 Å². The highest BCUT2D eigenvalue weighted by molar-refractivity contribution is 7.13. The first kappa shape index (κ1) is 88.9. The second-order valence-electron chi connectivity index (χ2n) is 32.2. The van der Waals surface area contributed by atoms with Crippen LogP contribution in [0.4, 0.5) is 13.2 Å². The van der Waals surface area contributed by atoms with Crippen molar-refractivity contribution in [2.75, 3.05) is 26.2 Å². The van der Waals surface area contributed by atoms with Gasteiger partial charge in [-0.25, -0.2) is 53.0 Å². The lowest BCUT2D eigenvalue weighted by atomic mass is 10.1. The number of carbonyl (C=O) groups is 4. The molecule has 2 aliphatic carbocycles. The Morgan fingerprint density at radius 3 is 1.36 bits per heavy atom. The summed E-state index contributed by atoms with van der Waals surface area (Å²) in [5.74, 6) is 1.63. The molecule has 118 heavy (non-hydrogen) atoms. The molecule has 3 aromatic carbocycles. The number of thiophene rings is 1. The van der Waals surface area contributed by atoms with Gasteiger partial charge in [0.05, 0.1) is 46.7 Å². The van der Waals surface area contributed by atoms with E-state index in [0.29, 0.717) is 90.3 Å². The van der Waals surface area contributed by atoms with E-state index < -0.39 is 17.5 Å². The third-order valence-corrected chi connectivity index (χ3v) is 23.4. The summed E-state index contributed by atoms with van der Waals surface area (Å²) >= 11 is 13.7. The van der Waals surface area contributed by atoms with Crippen LogP contribution in [0.2, 0.25) is 10.0 Å². The zero-order chi connectivity index (χ0) is 84.1. The number of halogens is 5. The predicted octanol–water partition coefficient (Wildman–Crippen LogP) is 22.1. The molecule has 0 spiro atoms. The first-order chi connectivity index (χ1) is 56.9. The second kappa shape index (κ2) is 42.7. The number of carbonyl (C=O) groups excluding carboxylic acids is 4. The molecule has 9 aromatic heterocycles. The van der Waals surface area contributed by atoms with E-state index in [1.54, 1.807) is 65.3 Å². The second-order valence-corrected chi connectivity index (χ2v) is 34.3. The van der Waals surface area contributed by atoms with Crippen molar-refractivity contribution >= 4 is 103 Å². The highest BCUT2D eigenvalue weighted by atomic mass is 35.5. The summed E-state index contributed by atoms with van der Waals surface area (Å²) in [4.78, 5) is 99.7. The van der Waals surface area contributed by atoms with Gasteiger partial charge in [0.25, 0.3) is 23.6 Å². The van der Waals surface area contributed by atoms with Crippen molar-refractivity contribution < 1.29 is 32.3 Å². The van der Waals surface area contributed by atoms with E-state index in [-0.39, 0.29) is 35.6 Å². The number of imidazole rings is 4. The molecular weight excluding hydrogens is 1550 g/mol. The van der Waals surface area contributed by atoms with Crippen LogP contribution >= 0.6 is 34.5 Å². The number of benzene rings is 3. The van der Waals surface area contributed by atoms with Crippen LogP contribution in [0.25, 0.3) is 44.7 Å². The molecule has 0 atom stereocenters. The quantitative estimate of drug-likeness (QED) is 0.0372. The number of unbranched alkanes of at least 4 members (excludes halogenated alkanes) is 2. The third kappa shape index (κ3) is 22.7. The van der Waals surface area contributed by atoms with Crippen molar-refractivity contribution in [3.63, 3.8) is 0 Å². The molecule has 0 bridgehead atoms. The van der Waals surface area contributed by atoms with Crippen LogP contribution in [0.15, 0.2) is 140 Å². The van der Waals surface area contributed by atoms with E-state index in [0.717, 1.165) is 199 Å². The number of fused-ring (bicyclic) bond motifs is 4. The molecule has 26 heteroatoms. The number of pyridine rings is 4. The summed E-state index contributed by atoms with van der Waals surface area (Å²) in [6.07, 6.45) is 23.8. The summed E-state index contributed by atoms with van der Waals surface area (Å²) in [5, 5.41) is 0.816. The maximum atomic E-state index is 14.4. The smallest absolute Gasteiger partial charge is 0.264 e. The summed E-state index contributed by atoms with van der Waals surface area (Å²) < 4.78 is 50.8. The standard InChI is InChI=1S/C25H31FN4O.C24H28F2N4O.C22H26Cl2N4O.C21H28N4OS/c1-3-4-7-15-29(25(31)21-16-19(26)13-12-18(21)2)17-23-28-22-11-8-14-27-24(22)30(23)20-9-5-6-10-20;1-16(2)12-14-29(24(31)18-9-5-10-19(25)22(18)26)15-21-28-20-11-6-13-27-23(20)30(21)17-7-3-4-8-17;1-4-11-28-20(26-19-6-5-10-25-21(19)28)14-27(12-9-15(2)3)22(29)16-7-8-17(23)18(24)13-16;1-5-12-25-19(23-17-7-6-11-22-20(17)25)14-24(13-10-15(2)3)21(26)18-9-8-16(4)27-18/h8,11-14,16,20H,3-7,9-10,15,17H2,1-2H3;5-6,9-11,13,16-17H,3-4,7-8,12,14-15H2,1-2H3;5-8,10,13,15H,4,9,11-12,14H2,1-3H3;6-9,11,15H,5,10,12-14H2,1-4H3. The average Bonchev–Trinajstić information content (AvgIpc) is 1.63. The van der Waals surface area contributed by atoms with Gasteiger partial charge in [0.2, 0.25) is 0 Å². The molecule has 0 aliphatic heterocycles. The molecule has 4 amide bonds. The van der Waals surface area contributed by atoms with Gasteiger partial charge in [-0.05, 0) is 205 Å². The molecule has 14 rings (SSSR count). The predicted molar refractivity (Wildman–Crippen MR) is 466 cm³/mol. The minimum absolute atomic E-state index is 0.0766. The minimum Gasteiger partial charge on any atom is -0.331 e. The summed E-state index contributed by atoms with van der Waals surface area (Å²) in [6.45, 7) is 28.8. The largest absolute Gasteiger partial charge is 0.331 e. The Morgan fingerprint density at radius 1 is 0.458 bits per heavy atom. The Hall–Kier alpha value is -9.91. The third-order valence-electron chi connectivity index (χ3n) is 21.7. The molecule has 9 heterocycles. The molecule has 2 aliphatic rings. The van der Waals surface area contributed by atoms with Gasteiger partial charge in [-0.2, -0.15) is 0 Å². The lowest BCUT2D eigenvalue weighted by Gasteiger charge is -2.25. The van der Waals surface area contributed by atoms with E-state index in [1.165, 1.54) is 37.1 Å². The van der Waals surface area contributed by atoms with Gasteiger partial charge in [0, 0.05) is 92.1 Å². The maximum Gasteiger partial charge on any atom is 0.264 e.